The van der Waals surface area contributed by atoms with Gasteiger partial charge >= 0.3 is 0 Å². The van der Waals surface area contributed by atoms with Crippen LogP contribution in [0, 0.1) is 10.1 Å². The summed E-state index contributed by atoms with van der Waals surface area (Å²) in [5, 5.41) is 14.4. The predicted octanol–water partition coefficient (Wildman–Crippen LogP) is 4.01. The molecule has 0 bridgehead atoms. The van der Waals surface area contributed by atoms with Crippen LogP contribution in [0.15, 0.2) is 42.5 Å². The Hall–Kier alpha value is -3.13. The number of amides is 1. The molecule has 2 aromatic carbocycles. The number of rotatable bonds is 7. The molecule has 2 aliphatic heterocycles. The second-order valence-corrected chi connectivity index (χ2v) is 7.58. The number of carbonyl (C=O) groups excluding carboxylic acids is 1. The van der Waals surface area contributed by atoms with E-state index in [9.17, 15) is 14.9 Å². The number of carbonyl (C=O) groups is 1. The van der Waals surface area contributed by atoms with Crippen molar-refractivity contribution in [2.24, 2.45) is 0 Å². The smallest absolute Gasteiger partial charge is 0.293 e. The summed E-state index contributed by atoms with van der Waals surface area (Å²) < 4.78 is 11.3. The first kappa shape index (κ1) is 20.2. The number of hydrogen-bond donors (Lipinski definition) is 1. The number of nitrogens with one attached hydrogen (secondary N) is 1. The molecular weight excluding hydrogens is 386 g/mol. The predicted molar refractivity (Wildman–Crippen MR) is 113 cm³/mol. The lowest BCUT2D eigenvalue weighted by atomic mass is 10.1. The van der Waals surface area contributed by atoms with E-state index in [0.717, 1.165) is 45.4 Å². The van der Waals surface area contributed by atoms with E-state index >= 15 is 0 Å². The van der Waals surface area contributed by atoms with Gasteiger partial charge in [0.05, 0.1) is 11.0 Å². The highest BCUT2D eigenvalue weighted by Crippen LogP contribution is 2.32. The lowest BCUT2D eigenvalue weighted by molar-refractivity contribution is -0.384. The summed E-state index contributed by atoms with van der Waals surface area (Å²) in [6, 6.07) is 11.7. The molecule has 8 nitrogen and oxygen atoms in total. The Morgan fingerprint density at radius 3 is 2.77 bits per heavy atom. The fourth-order valence-corrected chi connectivity index (χ4v) is 3.87. The molecular formula is C22H25N3O5. The molecule has 8 heteroatoms. The second kappa shape index (κ2) is 9.13. The lowest BCUT2D eigenvalue weighted by Crippen LogP contribution is -2.20. The number of ether oxygens (including phenoxy) is 2. The van der Waals surface area contributed by atoms with Gasteiger partial charge in [0.2, 0.25) is 0 Å². The van der Waals surface area contributed by atoms with Crippen molar-refractivity contribution in [3.8, 4) is 5.75 Å². The van der Waals surface area contributed by atoms with E-state index in [-0.39, 0.29) is 17.4 Å². The normalized spacial score (nSPS) is 18.4. The van der Waals surface area contributed by atoms with Crippen molar-refractivity contribution in [2.75, 3.05) is 36.5 Å². The molecule has 2 heterocycles. The highest BCUT2D eigenvalue weighted by atomic mass is 16.6. The summed E-state index contributed by atoms with van der Waals surface area (Å²) in [7, 11) is 0. The summed E-state index contributed by atoms with van der Waals surface area (Å²) in [6.07, 6.45) is 4.18. The minimum atomic E-state index is -0.427. The van der Waals surface area contributed by atoms with E-state index < -0.39 is 10.8 Å². The number of benzene rings is 2. The number of nitro benzene ring substituents is 1. The van der Waals surface area contributed by atoms with Gasteiger partial charge < -0.3 is 19.7 Å². The Morgan fingerprint density at radius 1 is 1.20 bits per heavy atom. The Balaban J connectivity index is 1.44. The molecule has 0 aromatic heterocycles. The molecule has 0 spiro atoms. The van der Waals surface area contributed by atoms with Crippen LogP contribution in [0.4, 0.5) is 17.1 Å². The van der Waals surface area contributed by atoms with E-state index in [1.54, 1.807) is 30.3 Å². The van der Waals surface area contributed by atoms with Gasteiger partial charge in [0.15, 0.2) is 0 Å². The number of anilines is 2. The van der Waals surface area contributed by atoms with Gasteiger partial charge in [-0.25, -0.2) is 0 Å². The van der Waals surface area contributed by atoms with Gasteiger partial charge in [0.25, 0.3) is 11.6 Å². The van der Waals surface area contributed by atoms with Crippen molar-refractivity contribution in [1.29, 1.82) is 0 Å². The minimum Gasteiger partial charge on any atom is -0.491 e. The average molecular weight is 411 g/mol. The fraction of sp³-hybridized carbons (Fsp3) is 0.409. The zero-order chi connectivity index (χ0) is 20.9. The van der Waals surface area contributed by atoms with Crippen LogP contribution in [0.3, 0.4) is 0 Å². The molecule has 2 saturated heterocycles. The Morgan fingerprint density at radius 2 is 2.03 bits per heavy atom. The van der Waals surface area contributed by atoms with Crippen LogP contribution in [-0.2, 0) is 4.74 Å². The van der Waals surface area contributed by atoms with Gasteiger partial charge in [-0.15, -0.1) is 0 Å². The Bertz CT molecular complexity index is 921. The molecule has 0 radical (unpaired) electrons. The second-order valence-electron chi connectivity index (χ2n) is 7.58. The third kappa shape index (κ3) is 4.71. The van der Waals surface area contributed by atoms with Crippen molar-refractivity contribution in [2.45, 2.75) is 31.8 Å². The fourth-order valence-electron chi connectivity index (χ4n) is 3.87. The van der Waals surface area contributed by atoms with Crippen LogP contribution in [0.25, 0.3) is 0 Å². The van der Waals surface area contributed by atoms with E-state index in [4.69, 9.17) is 9.47 Å². The number of hydrogen-bond acceptors (Lipinski definition) is 6. The van der Waals surface area contributed by atoms with E-state index in [0.29, 0.717) is 23.7 Å². The van der Waals surface area contributed by atoms with Crippen molar-refractivity contribution in [3.05, 3.63) is 58.1 Å². The summed E-state index contributed by atoms with van der Waals surface area (Å²) >= 11 is 0. The molecule has 2 aliphatic rings. The first-order chi connectivity index (χ1) is 14.6. The molecule has 0 saturated carbocycles. The zero-order valence-electron chi connectivity index (χ0n) is 16.7. The topological polar surface area (TPSA) is 93.9 Å². The maximum absolute atomic E-state index is 12.7. The molecule has 158 valence electrons. The summed E-state index contributed by atoms with van der Waals surface area (Å²) in [6.45, 7) is 2.84. The van der Waals surface area contributed by atoms with E-state index in [2.05, 4.69) is 5.32 Å². The number of nitro groups is 1. The van der Waals surface area contributed by atoms with Crippen LogP contribution in [0.5, 0.6) is 5.75 Å². The van der Waals surface area contributed by atoms with Crippen LogP contribution in [0.1, 0.15) is 36.0 Å². The highest BCUT2D eigenvalue weighted by molar-refractivity contribution is 6.05. The van der Waals surface area contributed by atoms with Gasteiger partial charge in [0.1, 0.15) is 18.0 Å². The first-order valence-electron chi connectivity index (χ1n) is 10.3. The van der Waals surface area contributed by atoms with Crippen molar-refractivity contribution < 1.29 is 19.2 Å². The van der Waals surface area contributed by atoms with Gasteiger partial charge in [-0.2, -0.15) is 0 Å². The largest absolute Gasteiger partial charge is 0.491 e. The SMILES string of the molecule is O=C(Nc1cccc(OCC2CCCO2)c1)c1ccc(N2CCCC2)c([N+](=O)[O-])c1. The lowest BCUT2D eigenvalue weighted by Gasteiger charge is -2.18. The molecule has 0 aliphatic carbocycles. The van der Waals surface area contributed by atoms with Gasteiger partial charge in [-0.3, -0.25) is 14.9 Å². The monoisotopic (exact) mass is 411 g/mol. The van der Waals surface area contributed by atoms with Gasteiger partial charge in [-0.1, -0.05) is 6.07 Å². The van der Waals surface area contributed by atoms with Crippen LogP contribution in [0.2, 0.25) is 0 Å². The minimum absolute atomic E-state index is 0.0433. The van der Waals surface area contributed by atoms with Gasteiger partial charge in [-0.05, 0) is 49.9 Å². The van der Waals surface area contributed by atoms with Crippen molar-refractivity contribution >= 4 is 23.0 Å². The van der Waals surface area contributed by atoms with Crippen LogP contribution in [-0.4, -0.2) is 43.2 Å². The van der Waals surface area contributed by atoms with Crippen molar-refractivity contribution in [3.63, 3.8) is 0 Å². The summed E-state index contributed by atoms with van der Waals surface area (Å²) in [5.41, 5.74) is 1.34. The summed E-state index contributed by atoms with van der Waals surface area (Å²) in [4.78, 5) is 25.8. The molecule has 4 rings (SSSR count). The molecule has 1 atom stereocenters. The molecule has 2 aromatic rings. The third-order valence-corrected chi connectivity index (χ3v) is 5.43. The molecule has 1 amide bonds. The van der Waals surface area contributed by atoms with E-state index in [1.807, 2.05) is 11.0 Å². The van der Waals surface area contributed by atoms with Crippen molar-refractivity contribution in [1.82, 2.24) is 0 Å². The molecule has 1 unspecified atom stereocenters. The zero-order valence-corrected chi connectivity index (χ0v) is 16.7. The maximum Gasteiger partial charge on any atom is 0.293 e. The quantitative estimate of drug-likeness (QED) is 0.547. The number of nitrogens with zero attached hydrogens (tertiary/aromatic N) is 2. The van der Waals surface area contributed by atoms with Crippen LogP contribution >= 0.6 is 0 Å². The highest BCUT2D eigenvalue weighted by Gasteiger charge is 2.24. The summed E-state index contributed by atoms with van der Waals surface area (Å²) in [5.74, 6) is 0.237. The first-order valence-corrected chi connectivity index (χ1v) is 10.3. The van der Waals surface area contributed by atoms with Crippen LogP contribution < -0.4 is 15.0 Å². The Labute approximate surface area is 174 Å². The third-order valence-electron chi connectivity index (χ3n) is 5.43. The molecule has 1 N–H and O–H groups in total. The molecule has 2 fully saturated rings. The standard InChI is InChI=1S/C22H25N3O5/c26-22(16-8-9-20(21(13-16)25(27)28)24-10-1-2-11-24)23-17-5-3-6-18(14-17)30-15-19-7-4-12-29-19/h3,5-6,8-9,13-14,19H,1-2,4,7,10-12,15H2,(H,23,26). The van der Waals surface area contributed by atoms with E-state index in [1.165, 1.54) is 6.07 Å². The Kier molecular flexibility index (Phi) is 6.13. The van der Waals surface area contributed by atoms with Gasteiger partial charge in [0, 0.05) is 43.1 Å². The maximum atomic E-state index is 12.7. The average Bonchev–Trinajstić information content (AvgIpc) is 3.46. The molecule has 30 heavy (non-hydrogen) atoms.